The Morgan fingerprint density at radius 1 is 1.16 bits per heavy atom. The molecule has 0 radical (unpaired) electrons. The number of hydrogen-bond donors (Lipinski definition) is 1. The fourth-order valence-corrected chi connectivity index (χ4v) is 3.09. The summed E-state index contributed by atoms with van der Waals surface area (Å²) in [5.41, 5.74) is -4.82. The van der Waals surface area contributed by atoms with Crippen LogP contribution in [0.2, 0.25) is 0 Å². The molecule has 1 aliphatic carbocycles. The molecule has 1 saturated carbocycles. The van der Waals surface area contributed by atoms with Crippen LogP contribution >= 0.6 is 0 Å². The summed E-state index contributed by atoms with van der Waals surface area (Å²) in [7, 11) is 0. The van der Waals surface area contributed by atoms with Gasteiger partial charge in [-0.05, 0) is 5.56 Å². The maximum absolute atomic E-state index is 10.9. The van der Waals surface area contributed by atoms with E-state index in [1.807, 2.05) is 0 Å². The Balaban J connectivity index is 2.70. The zero-order chi connectivity index (χ0) is 18.8. The van der Waals surface area contributed by atoms with Gasteiger partial charge >= 0.3 is 0 Å². The van der Waals surface area contributed by atoms with E-state index in [2.05, 4.69) is 0 Å². The van der Waals surface area contributed by atoms with Crippen LogP contribution in [-0.2, 0) is 0 Å². The monoisotopic (exact) mass is 329 g/mol. The van der Waals surface area contributed by atoms with Gasteiger partial charge in [-0.15, -0.1) is 0 Å². The number of non-ortho nitro benzene ring substituents is 1. The Morgan fingerprint density at radius 2 is 1.76 bits per heavy atom. The van der Waals surface area contributed by atoms with Crippen LogP contribution in [0.1, 0.15) is 11.5 Å². The van der Waals surface area contributed by atoms with E-state index in [0.717, 1.165) is 6.07 Å². The van der Waals surface area contributed by atoms with E-state index in [-0.39, 0.29) is 11.3 Å². The third-order valence-corrected chi connectivity index (χ3v) is 4.32. The molecule has 0 heterocycles. The highest BCUT2D eigenvalue weighted by atomic mass is 16.6. The number of nitro groups is 1. The summed E-state index contributed by atoms with van der Waals surface area (Å²) in [6.07, 6.45) is 0. The third kappa shape index (κ3) is 2.00. The summed E-state index contributed by atoms with van der Waals surface area (Å²) >= 11 is 0. The van der Waals surface area contributed by atoms with Crippen LogP contribution in [0, 0.1) is 88.9 Å². The van der Waals surface area contributed by atoms with Crippen LogP contribution in [0.3, 0.4) is 0 Å². The minimum atomic E-state index is -2.01. The molecule has 1 aromatic rings. The van der Waals surface area contributed by atoms with Crippen molar-refractivity contribution in [3.63, 3.8) is 0 Å². The van der Waals surface area contributed by atoms with Crippen molar-refractivity contribution >= 4 is 11.4 Å². The second-order valence-electron chi connectivity index (χ2n) is 5.34. The van der Waals surface area contributed by atoms with Gasteiger partial charge in [-0.25, -0.2) is 0 Å². The lowest BCUT2D eigenvalue weighted by molar-refractivity contribution is -0.384. The van der Waals surface area contributed by atoms with E-state index >= 15 is 0 Å². The second-order valence-corrected chi connectivity index (χ2v) is 5.34. The smallest absolute Gasteiger partial charge is 0.269 e. The number of benzene rings is 1. The normalized spacial score (nSPS) is 22.3. The predicted octanol–water partition coefficient (Wildman–Crippen LogP) is 1.92. The minimum Gasteiger partial charge on any atom is -0.305 e. The highest BCUT2D eigenvalue weighted by molar-refractivity contribution is 6.02. The van der Waals surface area contributed by atoms with Crippen molar-refractivity contribution in [3.8, 4) is 30.3 Å². The van der Waals surface area contributed by atoms with Crippen molar-refractivity contribution in [1.82, 2.24) is 0 Å². The van der Waals surface area contributed by atoms with Crippen LogP contribution in [0.4, 0.5) is 5.69 Å². The number of nitrogens with one attached hydrogen (secondary N) is 1. The van der Waals surface area contributed by atoms with E-state index in [0.29, 0.717) is 0 Å². The molecule has 1 fully saturated rings. The molecule has 0 bridgehead atoms. The predicted molar refractivity (Wildman–Crippen MR) is 80.0 cm³/mol. The fraction of sp³-hybridized carbons (Fsp3) is 0.250. The SMILES string of the molecule is N#CC(C#N)C(=N)[C@]1(C#N)[C@@H](c2cccc([N+](=O)[O-])c2)C1(C#N)C#N. The first-order valence-corrected chi connectivity index (χ1v) is 6.76. The van der Waals surface area contributed by atoms with Crippen molar-refractivity contribution in [2.75, 3.05) is 0 Å². The van der Waals surface area contributed by atoms with Crippen molar-refractivity contribution in [3.05, 3.63) is 39.9 Å². The average Bonchev–Trinajstić information content (AvgIpc) is 3.26. The molecule has 1 aliphatic rings. The van der Waals surface area contributed by atoms with Gasteiger partial charge in [0.15, 0.2) is 11.3 Å². The van der Waals surface area contributed by atoms with Gasteiger partial charge in [0.05, 0.1) is 41.0 Å². The fourth-order valence-electron chi connectivity index (χ4n) is 3.09. The lowest BCUT2D eigenvalue weighted by Gasteiger charge is -2.11. The van der Waals surface area contributed by atoms with Gasteiger partial charge in [-0.2, -0.15) is 26.3 Å². The minimum absolute atomic E-state index is 0.151. The van der Waals surface area contributed by atoms with Gasteiger partial charge in [-0.1, -0.05) is 12.1 Å². The molecule has 25 heavy (non-hydrogen) atoms. The molecule has 0 saturated heterocycles. The van der Waals surface area contributed by atoms with Gasteiger partial charge in [0.25, 0.3) is 5.69 Å². The van der Waals surface area contributed by atoms with Crippen molar-refractivity contribution in [2.24, 2.45) is 16.7 Å². The Bertz CT molecular complexity index is 968. The molecule has 0 aromatic heterocycles. The number of nitrogens with zero attached hydrogens (tertiary/aromatic N) is 6. The largest absolute Gasteiger partial charge is 0.305 e. The van der Waals surface area contributed by atoms with Crippen LogP contribution in [0.5, 0.6) is 0 Å². The maximum Gasteiger partial charge on any atom is 0.269 e. The first kappa shape index (κ1) is 17.1. The topological polar surface area (TPSA) is 186 Å². The Kier molecular flexibility index (Phi) is 3.93. The number of hydrogen-bond acceptors (Lipinski definition) is 8. The van der Waals surface area contributed by atoms with Gasteiger partial charge in [0.1, 0.15) is 5.41 Å². The zero-order valence-electron chi connectivity index (χ0n) is 12.5. The van der Waals surface area contributed by atoms with E-state index in [9.17, 15) is 25.9 Å². The summed E-state index contributed by atoms with van der Waals surface area (Å²) in [5, 5.41) is 65.6. The maximum atomic E-state index is 10.9. The van der Waals surface area contributed by atoms with Crippen molar-refractivity contribution in [2.45, 2.75) is 5.92 Å². The molecule has 118 valence electrons. The van der Waals surface area contributed by atoms with E-state index in [4.69, 9.17) is 15.9 Å². The average molecular weight is 329 g/mol. The van der Waals surface area contributed by atoms with Crippen molar-refractivity contribution < 1.29 is 4.92 Å². The first-order valence-electron chi connectivity index (χ1n) is 6.76. The molecule has 9 heteroatoms. The standard InChI is InChI=1S/C16H7N7O2/c17-5-11(6-18)14(22)16(9-21)13(15(16,7-19)8-20)10-2-1-3-12(4-10)23(24)25/h1-4,11,13,22H/t13-,16-/m0/s1. The number of nitriles is 5. The van der Waals surface area contributed by atoms with Gasteiger partial charge in [-0.3, -0.25) is 10.1 Å². The highest BCUT2D eigenvalue weighted by Crippen LogP contribution is 2.74. The summed E-state index contributed by atoms with van der Waals surface area (Å²) < 4.78 is 0. The number of rotatable bonds is 4. The quantitative estimate of drug-likeness (QED) is 0.496. The highest BCUT2D eigenvalue weighted by Gasteiger charge is 2.83. The van der Waals surface area contributed by atoms with Gasteiger partial charge in [0.2, 0.25) is 0 Å². The Labute approximate surface area is 141 Å². The first-order chi connectivity index (χ1) is 11.9. The molecule has 0 spiro atoms. The Morgan fingerprint density at radius 3 is 2.20 bits per heavy atom. The van der Waals surface area contributed by atoms with E-state index < -0.39 is 33.3 Å². The van der Waals surface area contributed by atoms with E-state index in [1.54, 1.807) is 30.3 Å². The van der Waals surface area contributed by atoms with Crippen LogP contribution in [0.25, 0.3) is 0 Å². The summed E-state index contributed by atoms with van der Waals surface area (Å²) in [6, 6.07) is 13.4. The molecular weight excluding hydrogens is 322 g/mol. The summed E-state index contributed by atoms with van der Waals surface area (Å²) in [5.74, 6) is -2.78. The second kappa shape index (κ2) is 5.74. The molecule has 2 rings (SSSR count). The van der Waals surface area contributed by atoms with Crippen LogP contribution in [-0.4, -0.2) is 10.6 Å². The summed E-state index contributed by atoms with van der Waals surface area (Å²) in [6.45, 7) is 0. The Hall–Kier alpha value is -4.26. The lowest BCUT2D eigenvalue weighted by atomic mass is 9.84. The molecule has 1 aromatic carbocycles. The van der Waals surface area contributed by atoms with E-state index in [1.165, 1.54) is 18.2 Å². The zero-order valence-corrected chi connectivity index (χ0v) is 12.5. The molecular formula is C16H7N7O2. The van der Waals surface area contributed by atoms with Crippen LogP contribution < -0.4 is 0 Å². The third-order valence-electron chi connectivity index (χ3n) is 4.32. The lowest BCUT2D eigenvalue weighted by Crippen LogP contribution is -2.26. The molecule has 9 nitrogen and oxygen atoms in total. The van der Waals surface area contributed by atoms with Crippen molar-refractivity contribution in [1.29, 1.82) is 31.7 Å². The van der Waals surface area contributed by atoms with Crippen LogP contribution in [0.15, 0.2) is 24.3 Å². The molecule has 0 unspecified atom stereocenters. The summed E-state index contributed by atoms with van der Waals surface area (Å²) in [4.78, 5) is 10.3. The van der Waals surface area contributed by atoms with Gasteiger partial charge < -0.3 is 5.41 Å². The number of nitro benzene ring substituents is 1. The molecule has 0 aliphatic heterocycles. The molecule has 1 N–H and O–H groups in total. The van der Waals surface area contributed by atoms with Gasteiger partial charge in [0, 0.05) is 18.1 Å². The molecule has 2 atom stereocenters. The molecule has 0 amide bonds.